The van der Waals surface area contributed by atoms with Gasteiger partial charge in [0, 0.05) is 12.1 Å². The molecule has 1 amide bonds. The van der Waals surface area contributed by atoms with Crippen molar-refractivity contribution in [1.82, 2.24) is 10.6 Å². The van der Waals surface area contributed by atoms with E-state index in [0.29, 0.717) is 11.8 Å². The van der Waals surface area contributed by atoms with Crippen LogP contribution >= 0.6 is 0 Å². The van der Waals surface area contributed by atoms with E-state index in [1.165, 1.54) is 5.56 Å². The lowest BCUT2D eigenvalue weighted by molar-refractivity contribution is 0.0465. The van der Waals surface area contributed by atoms with Gasteiger partial charge in [0.25, 0.3) is 0 Å². The highest BCUT2D eigenvalue weighted by Gasteiger charge is 2.31. The van der Waals surface area contributed by atoms with Crippen LogP contribution in [-0.2, 0) is 11.2 Å². The molecule has 5 heteroatoms. The molecule has 1 saturated carbocycles. The first-order valence-corrected chi connectivity index (χ1v) is 7.82. The van der Waals surface area contributed by atoms with Crippen LogP contribution in [0.4, 0.5) is 4.79 Å². The molecule has 0 spiro atoms. The number of aromatic hydroxyl groups is 1. The van der Waals surface area contributed by atoms with Crippen molar-refractivity contribution in [3.63, 3.8) is 0 Å². The summed E-state index contributed by atoms with van der Waals surface area (Å²) in [6.07, 6.45) is 2.48. The minimum absolute atomic E-state index is 0.209. The number of benzene rings is 1. The average Bonchev–Trinajstić information content (AvgIpc) is 2.35. The fourth-order valence-electron chi connectivity index (χ4n) is 2.46. The average molecular weight is 306 g/mol. The molecule has 0 saturated heterocycles. The van der Waals surface area contributed by atoms with Gasteiger partial charge >= 0.3 is 6.09 Å². The quantitative estimate of drug-likeness (QED) is 0.782. The molecule has 0 atom stereocenters. The second-order valence-corrected chi connectivity index (χ2v) is 6.88. The summed E-state index contributed by atoms with van der Waals surface area (Å²) < 4.78 is 5.24. The highest BCUT2D eigenvalue weighted by Crippen LogP contribution is 2.20. The molecule has 5 nitrogen and oxygen atoms in total. The van der Waals surface area contributed by atoms with Crippen molar-refractivity contribution in [2.75, 3.05) is 6.54 Å². The van der Waals surface area contributed by atoms with Crippen LogP contribution in [0.1, 0.15) is 39.2 Å². The van der Waals surface area contributed by atoms with Crippen LogP contribution in [0.15, 0.2) is 24.3 Å². The monoisotopic (exact) mass is 306 g/mol. The number of carbonyl (C=O) groups excluding carboxylic acids is 1. The van der Waals surface area contributed by atoms with E-state index in [-0.39, 0.29) is 12.1 Å². The summed E-state index contributed by atoms with van der Waals surface area (Å²) in [5.74, 6) is 0.298. The van der Waals surface area contributed by atoms with Crippen molar-refractivity contribution in [3.05, 3.63) is 29.8 Å². The number of amides is 1. The van der Waals surface area contributed by atoms with Gasteiger partial charge in [0.2, 0.25) is 0 Å². The van der Waals surface area contributed by atoms with Crippen LogP contribution in [0.5, 0.6) is 5.75 Å². The molecular weight excluding hydrogens is 280 g/mol. The molecule has 0 radical (unpaired) electrons. The summed E-state index contributed by atoms with van der Waals surface area (Å²) in [4.78, 5) is 11.6. The van der Waals surface area contributed by atoms with Crippen LogP contribution in [0.3, 0.4) is 0 Å². The van der Waals surface area contributed by atoms with E-state index in [1.807, 2.05) is 32.9 Å². The van der Waals surface area contributed by atoms with E-state index in [9.17, 15) is 9.90 Å². The molecule has 1 aromatic rings. The molecule has 1 fully saturated rings. The summed E-state index contributed by atoms with van der Waals surface area (Å²) in [6.45, 7) is 6.48. The van der Waals surface area contributed by atoms with Gasteiger partial charge in [0.15, 0.2) is 0 Å². The summed E-state index contributed by atoms with van der Waals surface area (Å²) in [7, 11) is 0. The Hall–Kier alpha value is -1.75. The predicted octanol–water partition coefficient (Wildman–Crippen LogP) is 2.58. The van der Waals surface area contributed by atoms with Crippen LogP contribution in [0, 0.1) is 0 Å². The largest absolute Gasteiger partial charge is 0.508 e. The summed E-state index contributed by atoms with van der Waals surface area (Å²) in [6, 6.07) is 7.95. The van der Waals surface area contributed by atoms with E-state index < -0.39 is 5.60 Å². The molecule has 0 heterocycles. The number of phenols is 1. The van der Waals surface area contributed by atoms with Crippen LogP contribution in [0.25, 0.3) is 0 Å². The zero-order valence-electron chi connectivity index (χ0n) is 13.6. The smallest absolute Gasteiger partial charge is 0.407 e. The van der Waals surface area contributed by atoms with Gasteiger partial charge in [0.1, 0.15) is 11.4 Å². The van der Waals surface area contributed by atoms with Gasteiger partial charge in [-0.3, -0.25) is 0 Å². The van der Waals surface area contributed by atoms with Gasteiger partial charge in [0.05, 0.1) is 0 Å². The number of ether oxygens (including phenoxy) is 1. The number of nitrogens with one attached hydrogen (secondary N) is 2. The van der Waals surface area contributed by atoms with Gasteiger partial charge in [-0.05, 0) is 64.3 Å². The highest BCUT2D eigenvalue weighted by atomic mass is 16.6. The summed E-state index contributed by atoms with van der Waals surface area (Å²) >= 11 is 0. The number of hydrogen-bond acceptors (Lipinski definition) is 4. The SMILES string of the molecule is CC(C)(C)OC(=O)NC1CC(NCCc2ccc(O)cc2)C1. The zero-order valence-corrected chi connectivity index (χ0v) is 13.6. The Balaban J connectivity index is 1.58. The van der Waals surface area contributed by atoms with Gasteiger partial charge in [-0.1, -0.05) is 12.1 Å². The number of alkyl carbamates (subject to hydrolysis) is 1. The molecule has 0 aliphatic heterocycles. The van der Waals surface area contributed by atoms with Crippen molar-refractivity contribution in [2.24, 2.45) is 0 Å². The third-order valence-corrected chi connectivity index (χ3v) is 3.64. The van der Waals surface area contributed by atoms with Crippen LogP contribution < -0.4 is 10.6 Å². The van der Waals surface area contributed by atoms with Crippen molar-refractivity contribution in [1.29, 1.82) is 0 Å². The molecular formula is C17H26N2O3. The Morgan fingerprint density at radius 3 is 2.45 bits per heavy atom. The van der Waals surface area contributed by atoms with Gasteiger partial charge in [-0.2, -0.15) is 0 Å². The first kappa shape index (κ1) is 16.6. The van der Waals surface area contributed by atoms with E-state index in [2.05, 4.69) is 10.6 Å². The Bertz CT molecular complexity index is 488. The second kappa shape index (κ2) is 7.01. The fraction of sp³-hybridized carbons (Fsp3) is 0.588. The Morgan fingerprint density at radius 2 is 1.86 bits per heavy atom. The molecule has 0 aromatic heterocycles. The standard InChI is InChI=1S/C17H26N2O3/c1-17(2,3)22-16(21)19-14-10-13(11-14)18-9-8-12-4-6-15(20)7-5-12/h4-7,13-14,18,20H,8-11H2,1-3H3,(H,19,21). The van der Waals surface area contributed by atoms with Crippen molar-refractivity contribution in [2.45, 2.75) is 57.7 Å². The van der Waals surface area contributed by atoms with Crippen LogP contribution in [-0.4, -0.2) is 35.4 Å². The van der Waals surface area contributed by atoms with Crippen LogP contribution in [0.2, 0.25) is 0 Å². The summed E-state index contributed by atoms with van der Waals surface area (Å²) in [5.41, 5.74) is 0.753. The van der Waals surface area contributed by atoms with E-state index >= 15 is 0 Å². The normalized spacial score (nSPS) is 21.0. The molecule has 3 N–H and O–H groups in total. The van der Waals surface area contributed by atoms with Crippen molar-refractivity contribution >= 4 is 6.09 Å². The van der Waals surface area contributed by atoms with Gasteiger partial charge in [-0.25, -0.2) is 4.79 Å². The first-order valence-electron chi connectivity index (χ1n) is 7.82. The van der Waals surface area contributed by atoms with Gasteiger partial charge < -0.3 is 20.5 Å². The van der Waals surface area contributed by atoms with E-state index in [0.717, 1.165) is 25.8 Å². The third-order valence-electron chi connectivity index (χ3n) is 3.64. The molecule has 1 aromatic carbocycles. The fourth-order valence-corrected chi connectivity index (χ4v) is 2.46. The minimum atomic E-state index is -0.449. The zero-order chi connectivity index (χ0) is 16.2. The van der Waals surface area contributed by atoms with Gasteiger partial charge in [-0.15, -0.1) is 0 Å². The lowest BCUT2D eigenvalue weighted by Crippen LogP contribution is -2.53. The molecule has 1 aliphatic carbocycles. The van der Waals surface area contributed by atoms with Crippen molar-refractivity contribution in [3.8, 4) is 5.75 Å². The maximum Gasteiger partial charge on any atom is 0.407 e. The number of phenolic OH excluding ortho intramolecular Hbond substituents is 1. The number of carbonyl (C=O) groups is 1. The maximum atomic E-state index is 11.6. The highest BCUT2D eigenvalue weighted by molar-refractivity contribution is 5.68. The number of rotatable bonds is 5. The first-order chi connectivity index (χ1) is 10.3. The Morgan fingerprint density at radius 1 is 1.23 bits per heavy atom. The molecule has 22 heavy (non-hydrogen) atoms. The van der Waals surface area contributed by atoms with E-state index in [1.54, 1.807) is 12.1 Å². The summed E-state index contributed by atoms with van der Waals surface area (Å²) in [5, 5.41) is 15.6. The van der Waals surface area contributed by atoms with Crippen molar-refractivity contribution < 1.29 is 14.6 Å². The number of hydrogen-bond donors (Lipinski definition) is 3. The maximum absolute atomic E-state index is 11.6. The molecule has 122 valence electrons. The Kier molecular flexibility index (Phi) is 5.29. The Labute approximate surface area is 132 Å². The molecule has 2 rings (SSSR count). The third kappa shape index (κ3) is 5.56. The topological polar surface area (TPSA) is 70.6 Å². The predicted molar refractivity (Wildman–Crippen MR) is 86.0 cm³/mol. The lowest BCUT2D eigenvalue weighted by atomic mass is 9.87. The molecule has 1 aliphatic rings. The minimum Gasteiger partial charge on any atom is -0.508 e. The van der Waals surface area contributed by atoms with E-state index in [4.69, 9.17) is 4.74 Å². The lowest BCUT2D eigenvalue weighted by Gasteiger charge is -2.36. The second-order valence-electron chi connectivity index (χ2n) is 6.88. The molecule has 0 bridgehead atoms. The molecule has 0 unspecified atom stereocenters.